The molecule has 0 aliphatic carbocycles. The maximum Gasteiger partial charge on any atom is 0.175 e. The van der Waals surface area contributed by atoms with Gasteiger partial charge in [0.25, 0.3) is 0 Å². The molecule has 0 heterocycles. The quantitative estimate of drug-likeness (QED) is 0.743. The topological polar surface area (TPSA) is 46.2 Å². The Morgan fingerprint density at radius 1 is 0.957 bits per heavy atom. The average molecular weight is 331 g/mol. The molecule has 0 aliphatic rings. The van der Waals surface area contributed by atoms with E-state index in [0.717, 1.165) is 24.2 Å². The van der Waals surface area contributed by atoms with Crippen LogP contribution in [0.1, 0.15) is 31.7 Å². The fraction of sp³-hybridized carbons (Fsp3) is 0.368. The van der Waals surface area contributed by atoms with Crippen molar-refractivity contribution >= 4 is 9.84 Å². The van der Waals surface area contributed by atoms with Crippen LogP contribution in [0.4, 0.5) is 0 Å². The normalized spacial score (nSPS) is 11.6. The van der Waals surface area contributed by atoms with Crippen LogP contribution in [0.3, 0.4) is 0 Å². The van der Waals surface area contributed by atoms with Gasteiger partial charge >= 0.3 is 0 Å². The standard InChI is InChI=1S/C19H25NO2S/c1-3-4-5-12-20-15-16-8-6-9-17(13-16)18-10-7-11-19(14-18)23(2,21)22/h6-11,13-14,20H,3-5,12,15H2,1-2H3. The minimum absolute atomic E-state index is 0.359. The van der Waals surface area contributed by atoms with Gasteiger partial charge in [0.15, 0.2) is 9.84 Å². The Morgan fingerprint density at radius 2 is 1.65 bits per heavy atom. The van der Waals surface area contributed by atoms with Crippen molar-refractivity contribution < 1.29 is 8.42 Å². The highest BCUT2D eigenvalue weighted by atomic mass is 32.2. The largest absolute Gasteiger partial charge is 0.313 e. The highest BCUT2D eigenvalue weighted by Gasteiger charge is 2.08. The first-order valence-corrected chi connectivity index (χ1v) is 10.00. The maximum absolute atomic E-state index is 11.7. The molecular formula is C19H25NO2S. The van der Waals surface area contributed by atoms with Crippen molar-refractivity contribution in [1.82, 2.24) is 5.32 Å². The number of hydrogen-bond donors (Lipinski definition) is 1. The first kappa shape index (κ1) is 17.7. The summed E-state index contributed by atoms with van der Waals surface area (Å²) in [7, 11) is -3.18. The third-order valence-electron chi connectivity index (χ3n) is 3.81. The summed E-state index contributed by atoms with van der Waals surface area (Å²) in [4.78, 5) is 0.359. The molecule has 0 spiro atoms. The van der Waals surface area contributed by atoms with E-state index in [4.69, 9.17) is 0 Å². The molecule has 2 aromatic rings. The second kappa shape index (κ2) is 8.27. The van der Waals surface area contributed by atoms with Crippen LogP contribution in [0.25, 0.3) is 11.1 Å². The first-order valence-electron chi connectivity index (χ1n) is 8.11. The van der Waals surface area contributed by atoms with Crippen molar-refractivity contribution in [3.63, 3.8) is 0 Å². The zero-order valence-corrected chi connectivity index (χ0v) is 14.7. The lowest BCUT2D eigenvalue weighted by atomic mass is 10.0. The molecule has 3 nitrogen and oxygen atoms in total. The summed E-state index contributed by atoms with van der Waals surface area (Å²) in [6.07, 6.45) is 4.93. The van der Waals surface area contributed by atoms with Crippen LogP contribution in [-0.4, -0.2) is 21.2 Å². The molecule has 4 heteroatoms. The van der Waals surface area contributed by atoms with Crippen molar-refractivity contribution in [2.75, 3.05) is 12.8 Å². The molecule has 0 radical (unpaired) electrons. The van der Waals surface area contributed by atoms with Gasteiger partial charge in [-0.05, 0) is 47.9 Å². The number of hydrogen-bond acceptors (Lipinski definition) is 3. The van der Waals surface area contributed by atoms with E-state index < -0.39 is 9.84 Å². The Hall–Kier alpha value is -1.65. The molecule has 0 aliphatic heterocycles. The SMILES string of the molecule is CCCCCNCc1cccc(-c2cccc(S(C)(=O)=O)c2)c1. The third-order valence-corrected chi connectivity index (χ3v) is 4.92. The van der Waals surface area contributed by atoms with E-state index in [-0.39, 0.29) is 0 Å². The van der Waals surface area contributed by atoms with Crippen LogP contribution in [0.5, 0.6) is 0 Å². The molecule has 124 valence electrons. The number of unbranched alkanes of at least 4 members (excludes halogenated alkanes) is 2. The van der Waals surface area contributed by atoms with E-state index in [2.05, 4.69) is 24.4 Å². The zero-order valence-electron chi connectivity index (χ0n) is 13.9. The van der Waals surface area contributed by atoms with Crippen molar-refractivity contribution in [3.05, 3.63) is 54.1 Å². The van der Waals surface area contributed by atoms with Crippen LogP contribution in [0.2, 0.25) is 0 Å². The van der Waals surface area contributed by atoms with Gasteiger partial charge in [0.2, 0.25) is 0 Å². The second-order valence-electron chi connectivity index (χ2n) is 5.88. The Bertz CT molecular complexity index is 739. The van der Waals surface area contributed by atoms with E-state index >= 15 is 0 Å². The minimum Gasteiger partial charge on any atom is -0.313 e. The van der Waals surface area contributed by atoms with Crippen LogP contribution in [0, 0.1) is 0 Å². The molecule has 0 unspecified atom stereocenters. The Morgan fingerprint density at radius 3 is 2.35 bits per heavy atom. The molecule has 2 aromatic carbocycles. The van der Waals surface area contributed by atoms with E-state index in [1.807, 2.05) is 18.2 Å². The number of nitrogens with one attached hydrogen (secondary N) is 1. The fourth-order valence-electron chi connectivity index (χ4n) is 2.50. The summed E-state index contributed by atoms with van der Waals surface area (Å²) in [5, 5.41) is 3.45. The Balaban J connectivity index is 2.10. The van der Waals surface area contributed by atoms with Gasteiger partial charge < -0.3 is 5.32 Å². The lowest BCUT2D eigenvalue weighted by Crippen LogP contribution is -2.14. The molecule has 0 saturated carbocycles. The Kier molecular flexibility index (Phi) is 6.37. The van der Waals surface area contributed by atoms with Gasteiger partial charge in [-0.1, -0.05) is 50.1 Å². The molecule has 0 bridgehead atoms. The molecule has 0 atom stereocenters. The van der Waals surface area contributed by atoms with Gasteiger partial charge in [-0.3, -0.25) is 0 Å². The highest BCUT2D eigenvalue weighted by molar-refractivity contribution is 7.90. The minimum atomic E-state index is -3.18. The maximum atomic E-state index is 11.7. The predicted molar refractivity (Wildman–Crippen MR) is 96.2 cm³/mol. The lowest BCUT2D eigenvalue weighted by Gasteiger charge is -2.08. The molecule has 1 N–H and O–H groups in total. The second-order valence-corrected chi connectivity index (χ2v) is 7.90. The molecule has 2 rings (SSSR count). The smallest absolute Gasteiger partial charge is 0.175 e. The molecule has 0 fully saturated rings. The van der Waals surface area contributed by atoms with Gasteiger partial charge in [-0.2, -0.15) is 0 Å². The molecular weight excluding hydrogens is 306 g/mol. The molecule has 0 saturated heterocycles. The summed E-state index contributed by atoms with van der Waals surface area (Å²) in [5.74, 6) is 0. The van der Waals surface area contributed by atoms with Crippen molar-refractivity contribution in [2.24, 2.45) is 0 Å². The number of benzene rings is 2. The first-order chi connectivity index (χ1) is 11.0. The van der Waals surface area contributed by atoms with Gasteiger partial charge in [-0.15, -0.1) is 0 Å². The fourth-order valence-corrected chi connectivity index (χ4v) is 3.17. The van der Waals surface area contributed by atoms with Crippen LogP contribution < -0.4 is 5.32 Å². The molecule has 0 amide bonds. The predicted octanol–water partition coefficient (Wildman–Crippen LogP) is 4.04. The van der Waals surface area contributed by atoms with E-state index in [9.17, 15) is 8.42 Å². The molecule has 0 aromatic heterocycles. The van der Waals surface area contributed by atoms with E-state index in [1.165, 1.54) is 31.1 Å². The summed E-state index contributed by atoms with van der Waals surface area (Å²) in [6, 6.07) is 15.4. The summed E-state index contributed by atoms with van der Waals surface area (Å²) < 4.78 is 23.4. The zero-order chi connectivity index (χ0) is 16.7. The highest BCUT2D eigenvalue weighted by Crippen LogP contribution is 2.23. The van der Waals surface area contributed by atoms with E-state index in [1.54, 1.807) is 18.2 Å². The van der Waals surface area contributed by atoms with Crippen LogP contribution in [-0.2, 0) is 16.4 Å². The molecule has 23 heavy (non-hydrogen) atoms. The lowest BCUT2D eigenvalue weighted by molar-refractivity contribution is 0.602. The van der Waals surface area contributed by atoms with Crippen LogP contribution >= 0.6 is 0 Å². The van der Waals surface area contributed by atoms with E-state index in [0.29, 0.717) is 4.90 Å². The average Bonchev–Trinajstić information content (AvgIpc) is 2.54. The van der Waals surface area contributed by atoms with Gasteiger partial charge in [0, 0.05) is 12.8 Å². The van der Waals surface area contributed by atoms with Crippen molar-refractivity contribution in [2.45, 2.75) is 37.6 Å². The number of rotatable bonds is 8. The van der Waals surface area contributed by atoms with Gasteiger partial charge in [0.05, 0.1) is 4.90 Å². The summed E-state index contributed by atoms with van der Waals surface area (Å²) >= 11 is 0. The van der Waals surface area contributed by atoms with Gasteiger partial charge in [-0.25, -0.2) is 8.42 Å². The van der Waals surface area contributed by atoms with Crippen LogP contribution in [0.15, 0.2) is 53.4 Å². The Labute approximate surface area is 139 Å². The summed E-state index contributed by atoms with van der Waals surface area (Å²) in [5.41, 5.74) is 3.19. The number of sulfone groups is 1. The van der Waals surface area contributed by atoms with Crippen molar-refractivity contribution in [3.8, 4) is 11.1 Å². The van der Waals surface area contributed by atoms with Gasteiger partial charge in [0.1, 0.15) is 0 Å². The van der Waals surface area contributed by atoms with Crippen molar-refractivity contribution in [1.29, 1.82) is 0 Å². The summed E-state index contributed by atoms with van der Waals surface area (Å²) in [6.45, 7) is 4.07. The monoisotopic (exact) mass is 331 g/mol. The third kappa shape index (κ3) is 5.48.